The first kappa shape index (κ1) is 10.3. The molecule has 13 heavy (non-hydrogen) atoms. The lowest BCUT2D eigenvalue weighted by molar-refractivity contribution is -0.140. The van der Waals surface area contributed by atoms with Crippen molar-refractivity contribution in [3.8, 4) is 0 Å². The van der Waals surface area contributed by atoms with Crippen LogP contribution >= 0.6 is 11.6 Å². The highest BCUT2D eigenvalue weighted by Gasteiger charge is 2.39. The average molecular weight is 201 g/mol. The topological polar surface area (TPSA) is 26.3 Å². The molecule has 2 atom stereocenters. The molecule has 0 radical (unpaired) electrons. The third-order valence-corrected chi connectivity index (χ3v) is 2.46. The van der Waals surface area contributed by atoms with Gasteiger partial charge in [-0.15, -0.1) is 6.58 Å². The van der Waals surface area contributed by atoms with Crippen LogP contribution in [0.25, 0.3) is 0 Å². The number of halogens is 1. The summed E-state index contributed by atoms with van der Waals surface area (Å²) in [4.78, 5) is 11.3. The fourth-order valence-corrected chi connectivity index (χ4v) is 1.74. The SMILES string of the molecule is C=C[C@@H]1/C(=C/Cl)C(=O)O[C@H]1C(C)C. The molecule has 0 saturated carbocycles. The van der Waals surface area contributed by atoms with Crippen molar-refractivity contribution >= 4 is 17.6 Å². The Kier molecular flexibility index (Phi) is 3.15. The summed E-state index contributed by atoms with van der Waals surface area (Å²) in [6.07, 6.45) is 1.60. The van der Waals surface area contributed by atoms with Crippen LogP contribution in [0.1, 0.15) is 13.8 Å². The Balaban J connectivity index is 2.94. The maximum Gasteiger partial charge on any atom is 0.335 e. The second-order valence-corrected chi connectivity index (χ2v) is 3.66. The minimum atomic E-state index is -0.321. The molecule has 3 heteroatoms. The van der Waals surface area contributed by atoms with Gasteiger partial charge in [-0.2, -0.15) is 0 Å². The van der Waals surface area contributed by atoms with Crippen molar-refractivity contribution in [1.82, 2.24) is 0 Å². The van der Waals surface area contributed by atoms with Crippen LogP contribution in [0.2, 0.25) is 0 Å². The van der Waals surface area contributed by atoms with Gasteiger partial charge in [-0.25, -0.2) is 4.79 Å². The van der Waals surface area contributed by atoms with E-state index in [0.717, 1.165) is 0 Å². The van der Waals surface area contributed by atoms with E-state index in [0.29, 0.717) is 5.57 Å². The number of esters is 1. The highest BCUT2D eigenvalue weighted by atomic mass is 35.5. The Morgan fingerprint density at radius 2 is 2.23 bits per heavy atom. The first-order chi connectivity index (χ1) is 6.11. The summed E-state index contributed by atoms with van der Waals surface area (Å²) < 4.78 is 5.17. The summed E-state index contributed by atoms with van der Waals surface area (Å²) in [7, 11) is 0. The van der Waals surface area contributed by atoms with Crippen LogP contribution in [-0.2, 0) is 9.53 Å². The zero-order chi connectivity index (χ0) is 10.0. The molecule has 0 amide bonds. The Morgan fingerprint density at radius 1 is 1.62 bits per heavy atom. The molecule has 0 N–H and O–H groups in total. The molecule has 0 aromatic rings. The summed E-state index contributed by atoms with van der Waals surface area (Å²) in [5.74, 6) is -0.107. The van der Waals surface area contributed by atoms with Crippen LogP contribution < -0.4 is 0 Å². The highest BCUT2D eigenvalue weighted by Crippen LogP contribution is 2.33. The summed E-state index contributed by atoms with van der Waals surface area (Å²) in [5, 5.41) is 0. The Bertz CT molecular complexity index is 256. The average Bonchev–Trinajstić information content (AvgIpc) is 2.41. The molecule has 0 aromatic carbocycles. The molecular formula is C10H13ClO2. The molecule has 1 rings (SSSR count). The number of hydrogen-bond acceptors (Lipinski definition) is 2. The van der Waals surface area contributed by atoms with E-state index in [4.69, 9.17) is 16.3 Å². The molecule has 0 bridgehead atoms. The molecule has 2 nitrogen and oxygen atoms in total. The van der Waals surface area contributed by atoms with Crippen LogP contribution in [0, 0.1) is 11.8 Å². The minimum Gasteiger partial charge on any atom is -0.458 e. The molecule has 72 valence electrons. The molecule has 1 aliphatic heterocycles. The number of rotatable bonds is 2. The van der Waals surface area contributed by atoms with Crippen molar-refractivity contribution in [2.75, 3.05) is 0 Å². The number of carbonyl (C=O) groups is 1. The number of carbonyl (C=O) groups excluding carboxylic acids is 1. The van der Waals surface area contributed by atoms with Gasteiger partial charge in [0.15, 0.2) is 0 Å². The van der Waals surface area contributed by atoms with Crippen molar-refractivity contribution in [2.45, 2.75) is 20.0 Å². The van der Waals surface area contributed by atoms with Crippen molar-refractivity contribution in [3.05, 3.63) is 23.8 Å². The van der Waals surface area contributed by atoms with Gasteiger partial charge >= 0.3 is 5.97 Å². The van der Waals surface area contributed by atoms with E-state index in [1.165, 1.54) is 5.54 Å². The van der Waals surface area contributed by atoms with E-state index >= 15 is 0 Å². The van der Waals surface area contributed by atoms with Gasteiger partial charge in [-0.1, -0.05) is 31.5 Å². The van der Waals surface area contributed by atoms with Crippen LogP contribution in [0.5, 0.6) is 0 Å². The highest BCUT2D eigenvalue weighted by molar-refractivity contribution is 6.27. The Hall–Kier alpha value is -0.760. The minimum absolute atomic E-state index is 0.0648. The maximum atomic E-state index is 11.3. The predicted molar refractivity (Wildman–Crippen MR) is 52.3 cm³/mol. The van der Waals surface area contributed by atoms with Gasteiger partial charge in [0.2, 0.25) is 0 Å². The second-order valence-electron chi connectivity index (χ2n) is 3.44. The van der Waals surface area contributed by atoms with E-state index in [2.05, 4.69) is 6.58 Å². The zero-order valence-corrected chi connectivity index (χ0v) is 8.54. The Labute approximate surface area is 83.2 Å². The van der Waals surface area contributed by atoms with Crippen molar-refractivity contribution in [2.24, 2.45) is 11.8 Å². The number of ether oxygens (including phenoxy) is 1. The van der Waals surface area contributed by atoms with E-state index < -0.39 is 0 Å². The number of cyclic esters (lactones) is 1. The van der Waals surface area contributed by atoms with Gasteiger partial charge in [0, 0.05) is 11.5 Å². The van der Waals surface area contributed by atoms with Gasteiger partial charge < -0.3 is 4.74 Å². The van der Waals surface area contributed by atoms with Crippen molar-refractivity contribution < 1.29 is 9.53 Å². The Morgan fingerprint density at radius 3 is 2.62 bits per heavy atom. The monoisotopic (exact) mass is 200 g/mol. The van der Waals surface area contributed by atoms with E-state index in [1.807, 2.05) is 13.8 Å². The summed E-state index contributed by atoms with van der Waals surface area (Å²) in [6, 6.07) is 0. The lowest BCUT2D eigenvalue weighted by atomic mass is 9.90. The van der Waals surface area contributed by atoms with Crippen LogP contribution in [0.4, 0.5) is 0 Å². The molecule has 1 aliphatic rings. The lowest BCUT2D eigenvalue weighted by Gasteiger charge is -2.17. The summed E-state index contributed by atoms with van der Waals surface area (Å²) in [6.45, 7) is 7.69. The van der Waals surface area contributed by atoms with Crippen LogP contribution in [0.15, 0.2) is 23.8 Å². The van der Waals surface area contributed by atoms with Crippen LogP contribution in [0.3, 0.4) is 0 Å². The molecule has 1 heterocycles. The smallest absolute Gasteiger partial charge is 0.335 e. The first-order valence-electron chi connectivity index (χ1n) is 4.25. The largest absolute Gasteiger partial charge is 0.458 e. The summed E-state index contributed by atoms with van der Waals surface area (Å²) >= 11 is 5.54. The van der Waals surface area contributed by atoms with E-state index in [9.17, 15) is 4.79 Å². The fraction of sp³-hybridized carbons (Fsp3) is 0.500. The first-order valence-corrected chi connectivity index (χ1v) is 4.69. The zero-order valence-electron chi connectivity index (χ0n) is 7.79. The molecule has 0 aliphatic carbocycles. The van der Waals surface area contributed by atoms with Gasteiger partial charge in [-0.05, 0) is 5.92 Å². The van der Waals surface area contributed by atoms with Crippen LogP contribution in [-0.4, -0.2) is 12.1 Å². The van der Waals surface area contributed by atoms with Gasteiger partial charge in [-0.3, -0.25) is 0 Å². The maximum absolute atomic E-state index is 11.3. The fourth-order valence-electron chi connectivity index (χ4n) is 1.51. The normalized spacial score (nSPS) is 31.1. The molecule has 1 saturated heterocycles. The second kappa shape index (κ2) is 3.97. The van der Waals surface area contributed by atoms with E-state index in [-0.39, 0.29) is 23.9 Å². The predicted octanol–water partition coefficient (Wildman–Crippen LogP) is 2.49. The van der Waals surface area contributed by atoms with Crippen molar-refractivity contribution in [1.29, 1.82) is 0 Å². The quantitative estimate of drug-likeness (QED) is 0.389. The van der Waals surface area contributed by atoms with Gasteiger partial charge in [0.25, 0.3) is 0 Å². The molecule has 0 aromatic heterocycles. The van der Waals surface area contributed by atoms with Gasteiger partial charge in [0.1, 0.15) is 6.10 Å². The molecule has 0 spiro atoms. The standard InChI is InChI=1S/C10H13ClO2/c1-4-7-8(5-11)10(12)13-9(7)6(2)3/h4-7,9H,1H2,2-3H3/b8-5-/t7-,9+/m1/s1. The third kappa shape index (κ3) is 1.78. The molecule has 1 fully saturated rings. The van der Waals surface area contributed by atoms with Crippen molar-refractivity contribution in [3.63, 3.8) is 0 Å². The third-order valence-electron chi connectivity index (χ3n) is 2.22. The summed E-state index contributed by atoms with van der Waals surface area (Å²) in [5.41, 5.74) is 1.80. The van der Waals surface area contributed by atoms with E-state index in [1.54, 1.807) is 6.08 Å². The van der Waals surface area contributed by atoms with Gasteiger partial charge in [0.05, 0.1) is 5.57 Å². The number of hydrogen-bond donors (Lipinski definition) is 0. The lowest BCUT2D eigenvalue weighted by Crippen LogP contribution is -2.21. The molecular weight excluding hydrogens is 188 g/mol. The molecule has 0 unspecified atom stereocenters.